The molecule has 2 aliphatic rings. The molecule has 1 atom stereocenters. The van der Waals surface area contributed by atoms with E-state index in [-0.39, 0.29) is 18.5 Å². The monoisotopic (exact) mass is 375 g/mol. The Morgan fingerprint density at radius 2 is 2.35 bits per heavy atom. The summed E-state index contributed by atoms with van der Waals surface area (Å²) >= 11 is 1.67. The SMILES string of the molecule is CN1CC2(CCNCC2)C[C@@H]1C(=O)NCc1nc(Cc2cccs2)no1. The molecule has 0 radical (unpaired) electrons. The van der Waals surface area contributed by atoms with Gasteiger partial charge in [-0.15, -0.1) is 11.3 Å². The molecule has 7 nitrogen and oxygen atoms in total. The fraction of sp³-hybridized carbons (Fsp3) is 0.611. The van der Waals surface area contributed by atoms with Gasteiger partial charge in [0.25, 0.3) is 0 Å². The zero-order valence-electron chi connectivity index (χ0n) is 15.0. The summed E-state index contributed by atoms with van der Waals surface area (Å²) in [7, 11) is 2.05. The van der Waals surface area contributed by atoms with Crippen LogP contribution in [0.25, 0.3) is 0 Å². The molecular formula is C18H25N5O2S. The Bertz CT molecular complexity index is 739. The van der Waals surface area contributed by atoms with Crippen LogP contribution in [-0.2, 0) is 17.8 Å². The normalized spacial score (nSPS) is 22.7. The second-order valence-electron chi connectivity index (χ2n) is 7.46. The number of aromatic nitrogens is 2. The van der Waals surface area contributed by atoms with Gasteiger partial charge in [0.05, 0.1) is 12.6 Å². The summed E-state index contributed by atoms with van der Waals surface area (Å²) < 4.78 is 5.27. The zero-order chi connectivity index (χ0) is 18.0. The van der Waals surface area contributed by atoms with E-state index in [1.54, 1.807) is 11.3 Å². The maximum absolute atomic E-state index is 12.7. The van der Waals surface area contributed by atoms with E-state index in [9.17, 15) is 4.79 Å². The lowest BCUT2D eigenvalue weighted by Crippen LogP contribution is -2.41. The number of likely N-dealkylation sites (N-methyl/N-ethyl adjacent to an activating group) is 1. The molecule has 0 aromatic carbocycles. The van der Waals surface area contributed by atoms with E-state index in [1.807, 2.05) is 18.5 Å². The average molecular weight is 375 g/mol. The molecule has 0 unspecified atom stereocenters. The summed E-state index contributed by atoms with van der Waals surface area (Å²) in [5.74, 6) is 1.17. The van der Waals surface area contributed by atoms with E-state index in [2.05, 4.69) is 31.7 Å². The van der Waals surface area contributed by atoms with Crippen LogP contribution < -0.4 is 10.6 Å². The van der Waals surface area contributed by atoms with E-state index in [4.69, 9.17) is 4.52 Å². The van der Waals surface area contributed by atoms with E-state index in [1.165, 1.54) is 4.88 Å². The predicted molar refractivity (Wildman–Crippen MR) is 98.8 cm³/mol. The molecule has 0 aliphatic carbocycles. The van der Waals surface area contributed by atoms with Crippen molar-refractivity contribution in [1.29, 1.82) is 0 Å². The van der Waals surface area contributed by atoms with Crippen molar-refractivity contribution < 1.29 is 9.32 Å². The topological polar surface area (TPSA) is 83.3 Å². The number of carbonyl (C=O) groups excluding carboxylic acids is 1. The molecule has 2 aromatic heterocycles. The first-order chi connectivity index (χ1) is 12.6. The Hall–Kier alpha value is -1.77. The fourth-order valence-electron chi connectivity index (χ4n) is 4.17. The van der Waals surface area contributed by atoms with Crippen LogP contribution in [0.5, 0.6) is 0 Å². The van der Waals surface area contributed by atoms with Crippen molar-refractivity contribution in [3.8, 4) is 0 Å². The number of amides is 1. The van der Waals surface area contributed by atoms with Crippen LogP contribution in [0.1, 0.15) is 35.9 Å². The number of rotatable bonds is 5. The van der Waals surface area contributed by atoms with Crippen molar-refractivity contribution in [3.63, 3.8) is 0 Å². The molecule has 1 amide bonds. The van der Waals surface area contributed by atoms with E-state index < -0.39 is 0 Å². The molecule has 2 saturated heterocycles. The van der Waals surface area contributed by atoms with Crippen LogP contribution in [0.2, 0.25) is 0 Å². The Morgan fingerprint density at radius 3 is 3.12 bits per heavy atom. The molecule has 2 N–H and O–H groups in total. The Labute approximate surface area is 157 Å². The summed E-state index contributed by atoms with van der Waals surface area (Å²) in [5, 5.41) is 12.4. The molecule has 140 valence electrons. The molecule has 26 heavy (non-hydrogen) atoms. The standard InChI is InChI=1S/C18H25N5O2S/c1-23-12-18(4-6-19-7-5-18)10-14(23)17(24)20-11-16-21-15(22-25-16)9-13-3-2-8-26-13/h2-3,8,14,19H,4-7,9-12H2,1H3,(H,20,24)/t14-/m1/s1. The minimum atomic E-state index is -0.0680. The number of thiophene rings is 1. The van der Waals surface area contributed by atoms with Gasteiger partial charge < -0.3 is 15.2 Å². The van der Waals surface area contributed by atoms with Gasteiger partial charge >= 0.3 is 0 Å². The summed E-state index contributed by atoms with van der Waals surface area (Å²) in [4.78, 5) is 20.4. The first kappa shape index (κ1) is 17.6. The maximum atomic E-state index is 12.7. The molecule has 2 aliphatic heterocycles. The number of hydrogen-bond donors (Lipinski definition) is 2. The molecule has 2 aromatic rings. The van der Waals surface area contributed by atoms with Crippen molar-refractivity contribution in [2.24, 2.45) is 5.41 Å². The molecule has 0 bridgehead atoms. The van der Waals surface area contributed by atoms with Crippen LogP contribution in [-0.4, -0.2) is 53.7 Å². The first-order valence-corrected chi connectivity index (χ1v) is 10.0. The maximum Gasteiger partial charge on any atom is 0.246 e. The first-order valence-electron chi connectivity index (χ1n) is 9.16. The van der Waals surface area contributed by atoms with Gasteiger partial charge in [0.1, 0.15) is 0 Å². The Balaban J connectivity index is 1.30. The van der Waals surface area contributed by atoms with E-state index >= 15 is 0 Å². The van der Waals surface area contributed by atoms with Gasteiger partial charge in [0.15, 0.2) is 5.82 Å². The minimum absolute atomic E-state index is 0.0564. The number of likely N-dealkylation sites (tertiary alicyclic amines) is 1. The molecule has 0 saturated carbocycles. The largest absolute Gasteiger partial charge is 0.346 e. The number of carbonyl (C=O) groups is 1. The second kappa shape index (κ2) is 7.46. The fourth-order valence-corrected chi connectivity index (χ4v) is 4.87. The summed E-state index contributed by atoms with van der Waals surface area (Å²) in [6, 6.07) is 3.99. The van der Waals surface area contributed by atoms with Crippen molar-refractivity contribution in [1.82, 2.24) is 25.7 Å². The van der Waals surface area contributed by atoms with Gasteiger partial charge in [0.2, 0.25) is 11.8 Å². The van der Waals surface area contributed by atoms with Gasteiger partial charge in [-0.2, -0.15) is 4.98 Å². The quantitative estimate of drug-likeness (QED) is 0.822. The number of piperidine rings is 1. The third kappa shape index (κ3) is 3.82. The third-order valence-electron chi connectivity index (χ3n) is 5.55. The highest BCUT2D eigenvalue weighted by Gasteiger charge is 2.45. The third-order valence-corrected chi connectivity index (χ3v) is 6.42. The van der Waals surface area contributed by atoms with Crippen LogP contribution >= 0.6 is 11.3 Å². The van der Waals surface area contributed by atoms with Crippen molar-refractivity contribution >= 4 is 17.2 Å². The molecule has 4 heterocycles. The molecule has 1 spiro atoms. The van der Waals surface area contributed by atoms with Gasteiger partial charge in [-0.3, -0.25) is 9.69 Å². The lowest BCUT2D eigenvalue weighted by atomic mass is 9.77. The van der Waals surface area contributed by atoms with Crippen LogP contribution in [0.4, 0.5) is 0 Å². The van der Waals surface area contributed by atoms with Gasteiger partial charge in [-0.25, -0.2) is 0 Å². The smallest absolute Gasteiger partial charge is 0.246 e. The summed E-state index contributed by atoms with van der Waals surface area (Å²) in [6.07, 6.45) is 3.90. The summed E-state index contributed by atoms with van der Waals surface area (Å²) in [6.45, 7) is 3.39. The van der Waals surface area contributed by atoms with Crippen LogP contribution in [0, 0.1) is 5.41 Å². The molecule has 2 fully saturated rings. The van der Waals surface area contributed by atoms with Gasteiger partial charge in [0, 0.05) is 17.8 Å². The van der Waals surface area contributed by atoms with Gasteiger partial charge in [-0.1, -0.05) is 11.2 Å². The average Bonchev–Trinajstić information content (AvgIpc) is 3.36. The van der Waals surface area contributed by atoms with E-state index in [0.717, 1.165) is 38.9 Å². The van der Waals surface area contributed by atoms with Crippen LogP contribution in [0.3, 0.4) is 0 Å². The number of hydrogen-bond acceptors (Lipinski definition) is 7. The highest BCUT2D eigenvalue weighted by Crippen LogP contribution is 2.41. The van der Waals surface area contributed by atoms with Gasteiger partial charge in [-0.05, 0) is 56.3 Å². The van der Waals surface area contributed by atoms with Crippen molar-refractivity contribution in [2.75, 3.05) is 26.7 Å². The van der Waals surface area contributed by atoms with Crippen LogP contribution in [0.15, 0.2) is 22.0 Å². The highest BCUT2D eigenvalue weighted by molar-refractivity contribution is 7.09. The zero-order valence-corrected chi connectivity index (χ0v) is 15.8. The van der Waals surface area contributed by atoms with Crippen molar-refractivity contribution in [3.05, 3.63) is 34.1 Å². The molecular weight excluding hydrogens is 350 g/mol. The lowest BCUT2D eigenvalue weighted by molar-refractivity contribution is -0.125. The number of nitrogens with zero attached hydrogens (tertiary/aromatic N) is 3. The van der Waals surface area contributed by atoms with Crippen molar-refractivity contribution in [2.45, 2.75) is 38.3 Å². The van der Waals surface area contributed by atoms with E-state index in [0.29, 0.717) is 23.6 Å². The Morgan fingerprint density at radius 1 is 1.50 bits per heavy atom. The lowest BCUT2D eigenvalue weighted by Gasteiger charge is -2.33. The second-order valence-corrected chi connectivity index (χ2v) is 8.50. The molecule has 4 rings (SSSR count). The summed E-state index contributed by atoms with van der Waals surface area (Å²) in [5.41, 5.74) is 0.292. The highest BCUT2D eigenvalue weighted by atomic mass is 32.1. The number of nitrogens with one attached hydrogen (secondary N) is 2. The molecule has 8 heteroatoms. The minimum Gasteiger partial charge on any atom is -0.346 e. The Kier molecular flexibility index (Phi) is 5.06. The predicted octanol–water partition coefficient (Wildman–Crippen LogP) is 1.41.